The molecule has 1 atom stereocenters. The maximum Gasteiger partial charge on any atom is 0.0667 e. The van der Waals surface area contributed by atoms with Crippen molar-refractivity contribution < 1.29 is 0 Å². The lowest BCUT2D eigenvalue weighted by atomic mass is 9.90. The molecule has 0 aliphatic heterocycles. The van der Waals surface area contributed by atoms with Crippen molar-refractivity contribution in [2.24, 2.45) is 16.1 Å². The van der Waals surface area contributed by atoms with Crippen molar-refractivity contribution in [1.29, 1.82) is 0 Å². The predicted molar refractivity (Wildman–Crippen MR) is 51.3 cm³/mol. The van der Waals surface area contributed by atoms with Crippen LogP contribution in [-0.4, -0.2) is 13.6 Å². The third-order valence-corrected chi connectivity index (χ3v) is 2.27. The summed E-state index contributed by atoms with van der Waals surface area (Å²) < 4.78 is 0. The van der Waals surface area contributed by atoms with Crippen LogP contribution < -0.4 is 0 Å². The molecule has 2 heteroatoms. The quantitative estimate of drug-likeness (QED) is 0.560. The molecule has 0 spiro atoms. The Hall–Kier alpha value is -0.920. The van der Waals surface area contributed by atoms with E-state index in [4.69, 9.17) is 0 Å². The van der Waals surface area contributed by atoms with Crippen LogP contribution in [0, 0.1) is 5.92 Å². The molecular weight excluding hydrogens is 148 g/mol. The van der Waals surface area contributed by atoms with E-state index in [0.717, 1.165) is 13.0 Å². The highest BCUT2D eigenvalue weighted by Crippen LogP contribution is 2.23. The topological polar surface area (TPSA) is 24.7 Å². The van der Waals surface area contributed by atoms with Crippen LogP contribution in [-0.2, 0) is 0 Å². The van der Waals surface area contributed by atoms with Crippen molar-refractivity contribution in [3.05, 3.63) is 23.3 Å². The van der Waals surface area contributed by atoms with Gasteiger partial charge in [-0.15, -0.1) is 0 Å². The van der Waals surface area contributed by atoms with Gasteiger partial charge in [-0.1, -0.05) is 23.3 Å². The Morgan fingerprint density at radius 3 is 2.83 bits per heavy atom. The molecule has 1 aliphatic carbocycles. The Bertz CT molecular complexity index is 234. The summed E-state index contributed by atoms with van der Waals surface area (Å²) in [6.07, 6.45) is 5.62. The van der Waals surface area contributed by atoms with Crippen molar-refractivity contribution in [2.75, 3.05) is 13.6 Å². The average Bonchev–Trinajstić information content (AvgIpc) is 2.03. The summed E-state index contributed by atoms with van der Waals surface area (Å²) in [7, 11) is 1.73. The molecule has 0 aromatic carbocycles. The maximum absolute atomic E-state index is 4.03. The highest BCUT2D eigenvalue weighted by molar-refractivity contribution is 5.27. The van der Waals surface area contributed by atoms with Gasteiger partial charge in [0.05, 0.1) is 6.54 Å². The molecule has 0 N–H and O–H groups in total. The van der Waals surface area contributed by atoms with Gasteiger partial charge in [0.25, 0.3) is 0 Å². The molecule has 1 unspecified atom stereocenters. The van der Waals surface area contributed by atoms with Crippen molar-refractivity contribution in [2.45, 2.75) is 20.3 Å². The fraction of sp³-hybridized carbons (Fsp3) is 0.600. The molecule has 12 heavy (non-hydrogen) atoms. The SMILES string of the molecule is CN=NCC1CC=C(C)C=C1C. The number of nitrogens with zero attached hydrogens (tertiary/aromatic N) is 2. The number of hydrogen-bond acceptors (Lipinski definition) is 2. The zero-order valence-corrected chi connectivity index (χ0v) is 8.04. The fourth-order valence-electron chi connectivity index (χ4n) is 1.45. The Morgan fingerprint density at radius 1 is 1.50 bits per heavy atom. The van der Waals surface area contributed by atoms with Gasteiger partial charge in [0.2, 0.25) is 0 Å². The van der Waals surface area contributed by atoms with E-state index < -0.39 is 0 Å². The largest absolute Gasteiger partial charge is 0.198 e. The smallest absolute Gasteiger partial charge is 0.0667 e. The van der Waals surface area contributed by atoms with Gasteiger partial charge >= 0.3 is 0 Å². The van der Waals surface area contributed by atoms with Gasteiger partial charge in [-0.2, -0.15) is 10.2 Å². The molecule has 0 saturated heterocycles. The van der Waals surface area contributed by atoms with E-state index in [-0.39, 0.29) is 0 Å². The van der Waals surface area contributed by atoms with Gasteiger partial charge in [-0.3, -0.25) is 0 Å². The zero-order chi connectivity index (χ0) is 8.97. The maximum atomic E-state index is 4.03. The summed E-state index contributed by atoms with van der Waals surface area (Å²) in [6, 6.07) is 0. The molecule has 0 amide bonds. The molecule has 0 radical (unpaired) electrons. The van der Waals surface area contributed by atoms with Crippen LogP contribution in [0.4, 0.5) is 0 Å². The number of rotatable bonds is 2. The highest BCUT2D eigenvalue weighted by Gasteiger charge is 2.12. The summed E-state index contributed by atoms with van der Waals surface area (Å²) in [5.74, 6) is 0.581. The van der Waals surface area contributed by atoms with Gasteiger partial charge in [-0.05, 0) is 20.3 Å². The molecule has 66 valence electrons. The van der Waals surface area contributed by atoms with Gasteiger partial charge < -0.3 is 0 Å². The van der Waals surface area contributed by atoms with Crippen LogP contribution in [0.3, 0.4) is 0 Å². The van der Waals surface area contributed by atoms with Gasteiger partial charge in [0.15, 0.2) is 0 Å². The summed E-state index contributed by atoms with van der Waals surface area (Å²) in [5, 5.41) is 7.79. The lowest BCUT2D eigenvalue weighted by molar-refractivity contribution is 0.609. The third-order valence-electron chi connectivity index (χ3n) is 2.27. The normalized spacial score (nSPS) is 24.1. The predicted octanol–water partition coefficient (Wildman–Crippen LogP) is 2.98. The Balaban J connectivity index is 2.56. The summed E-state index contributed by atoms with van der Waals surface area (Å²) in [4.78, 5) is 0. The zero-order valence-electron chi connectivity index (χ0n) is 8.04. The summed E-state index contributed by atoms with van der Waals surface area (Å²) in [5.41, 5.74) is 2.81. The molecule has 0 aromatic rings. The Morgan fingerprint density at radius 2 is 2.25 bits per heavy atom. The van der Waals surface area contributed by atoms with Gasteiger partial charge in [0.1, 0.15) is 0 Å². The number of azo groups is 1. The number of allylic oxidation sites excluding steroid dienone is 3. The van der Waals surface area contributed by atoms with Crippen LogP contribution in [0.15, 0.2) is 33.5 Å². The molecule has 0 bridgehead atoms. The lowest BCUT2D eigenvalue weighted by Gasteiger charge is -2.17. The highest BCUT2D eigenvalue weighted by atomic mass is 15.1. The molecular formula is C10H16N2. The van der Waals surface area contributed by atoms with E-state index in [1.807, 2.05) is 0 Å². The first kappa shape index (κ1) is 9.17. The minimum absolute atomic E-state index is 0.581. The molecule has 2 nitrogen and oxygen atoms in total. The molecule has 0 heterocycles. The number of hydrogen-bond donors (Lipinski definition) is 0. The van der Waals surface area contributed by atoms with Crippen molar-refractivity contribution >= 4 is 0 Å². The first-order valence-corrected chi connectivity index (χ1v) is 4.34. The van der Waals surface area contributed by atoms with Crippen molar-refractivity contribution in [1.82, 2.24) is 0 Å². The lowest BCUT2D eigenvalue weighted by Crippen LogP contribution is -2.08. The molecule has 0 saturated carbocycles. The van der Waals surface area contributed by atoms with Crippen molar-refractivity contribution in [3.8, 4) is 0 Å². The van der Waals surface area contributed by atoms with E-state index in [0.29, 0.717) is 5.92 Å². The first-order valence-electron chi connectivity index (χ1n) is 4.34. The molecule has 0 aromatic heterocycles. The first-order chi connectivity index (χ1) is 5.74. The molecule has 1 rings (SSSR count). The second-order valence-electron chi connectivity index (χ2n) is 3.29. The van der Waals surface area contributed by atoms with E-state index in [9.17, 15) is 0 Å². The third kappa shape index (κ3) is 2.29. The van der Waals surface area contributed by atoms with Gasteiger partial charge in [0, 0.05) is 13.0 Å². The monoisotopic (exact) mass is 164 g/mol. The van der Waals surface area contributed by atoms with Crippen LogP contribution >= 0.6 is 0 Å². The molecule has 1 aliphatic rings. The fourth-order valence-corrected chi connectivity index (χ4v) is 1.45. The van der Waals surface area contributed by atoms with E-state index in [1.54, 1.807) is 7.05 Å². The van der Waals surface area contributed by atoms with E-state index in [2.05, 4.69) is 36.2 Å². The molecule has 0 fully saturated rings. The minimum atomic E-state index is 0.581. The second-order valence-corrected chi connectivity index (χ2v) is 3.29. The second kappa shape index (κ2) is 4.19. The summed E-state index contributed by atoms with van der Waals surface area (Å²) >= 11 is 0. The van der Waals surface area contributed by atoms with Gasteiger partial charge in [-0.25, -0.2) is 0 Å². The Kier molecular flexibility index (Phi) is 3.20. The summed E-state index contributed by atoms with van der Waals surface area (Å²) in [6.45, 7) is 5.15. The average molecular weight is 164 g/mol. The van der Waals surface area contributed by atoms with Crippen molar-refractivity contribution in [3.63, 3.8) is 0 Å². The van der Waals surface area contributed by atoms with Crippen LogP contribution in [0.25, 0.3) is 0 Å². The minimum Gasteiger partial charge on any atom is -0.198 e. The van der Waals surface area contributed by atoms with Crippen LogP contribution in [0.1, 0.15) is 20.3 Å². The van der Waals surface area contributed by atoms with E-state index >= 15 is 0 Å². The van der Waals surface area contributed by atoms with Crippen LogP contribution in [0.2, 0.25) is 0 Å². The Labute approximate surface area is 74.1 Å². The standard InChI is InChI=1S/C10H16N2/c1-8-4-5-10(7-12-11-3)9(2)6-8/h4,6,10H,5,7H2,1-3H3. The van der Waals surface area contributed by atoms with E-state index in [1.165, 1.54) is 11.1 Å². The van der Waals surface area contributed by atoms with Crippen LogP contribution in [0.5, 0.6) is 0 Å².